The minimum absolute atomic E-state index is 0.145. The third-order valence-corrected chi connectivity index (χ3v) is 6.56. The Morgan fingerprint density at radius 2 is 1.57 bits per heavy atom. The van der Waals surface area contributed by atoms with Crippen LogP contribution in [0.25, 0.3) is 0 Å². The Labute approximate surface area is 166 Å². The van der Waals surface area contributed by atoms with E-state index in [9.17, 15) is 9.36 Å². The molecule has 0 spiro atoms. The molecule has 6 nitrogen and oxygen atoms in total. The molecule has 0 saturated carbocycles. The van der Waals surface area contributed by atoms with Crippen LogP contribution < -0.4 is 4.74 Å². The van der Waals surface area contributed by atoms with Gasteiger partial charge in [0.15, 0.2) is 0 Å². The summed E-state index contributed by atoms with van der Waals surface area (Å²) in [6.45, 7) is 4.01. The smallest absolute Gasteiger partial charge is 0.338 e. The van der Waals surface area contributed by atoms with Gasteiger partial charge in [0.2, 0.25) is 0 Å². The van der Waals surface area contributed by atoms with Crippen molar-refractivity contribution < 1.29 is 27.9 Å². The van der Waals surface area contributed by atoms with E-state index in [0.717, 1.165) is 5.56 Å². The van der Waals surface area contributed by atoms with Gasteiger partial charge in [0.25, 0.3) is 0 Å². The number of rotatable bonds is 11. The highest BCUT2D eigenvalue weighted by molar-refractivity contribution is 7.54. The first-order valence-corrected chi connectivity index (χ1v) is 10.9. The van der Waals surface area contributed by atoms with E-state index in [1.807, 2.05) is 30.3 Å². The molecule has 0 aromatic heterocycles. The van der Waals surface area contributed by atoms with Gasteiger partial charge in [-0.25, -0.2) is 0 Å². The van der Waals surface area contributed by atoms with Gasteiger partial charge in [0.05, 0.1) is 26.7 Å². The lowest BCUT2D eigenvalue weighted by atomic mass is 10.1. The van der Waals surface area contributed by atoms with E-state index in [-0.39, 0.29) is 26.2 Å². The predicted molar refractivity (Wildman–Crippen MR) is 107 cm³/mol. The van der Waals surface area contributed by atoms with E-state index in [4.69, 9.17) is 18.5 Å². The van der Waals surface area contributed by atoms with Crippen molar-refractivity contribution in [3.8, 4) is 5.75 Å². The molecule has 0 aliphatic heterocycles. The van der Waals surface area contributed by atoms with Gasteiger partial charge in [0, 0.05) is 5.56 Å². The van der Waals surface area contributed by atoms with Crippen LogP contribution in [0.1, 0.15) is 37.1 Å². The Bertz CT molecular complexity index is 782. The standard InChI is InChI=1S/C21H27O6P/c1-4-26-28(23,27-5-2)20(18-13-9-10-14-19(18)24-3)15-21(22)25-16-17-11-7-6-8-12-17/h6-14,20H,4-5,15-16H2,1-3H3/t20-/m0/s1. The second-order valence-corrected chi connectivity index (χ2v) is 8.20. The van der Waals surface area contributed by atoms with Crippen LogP contribution in [-0.4, -0.2) is 26.3 Å². The van der Waals surface area contributed by atoms with E-state index in [1.165, 1.54) is 7.11 Å². The zero-order valence-corrected chi connectivity index (χ0v) is 17.4. The molecular weight excluding hydrogens is 379 g/mol. The van der Waals surface area contributed by atoms with Crippen LogP contribution in [0.2, 0.25) is 0 Å². The second-order valence-electron chi connectivity index (χ2n) is 5.98. The molecule has 0 saturated heterocycles. The quantitative estimate of drug-likeness (QED) is 0.380. The van der Waals surface area contributed by atoms with Gasteiger partial charge in [-0.15, -0.1) is 0 Å². The van der Waals surface area contributed by atoms with E-state index in [1.54, 1.807) is 38.1 Å². The largest absolute Gasteiger partial charge is 0.496 e. The molecule has 0 unspecified atom stereocenters. The Hall–Kier alpha value is -2.14. The average molecular weight is 406 g/mol. The molecule has 0 bridgehead atoms. The molecule has 2 aromatic rings. The first-order chi connectivity index (χ1) is 13.5. The van der Waals surface area contributed by atoms with E-state index < -0.39 is 19.2 Å². The van der Waals surface area contributed by atoms with Crippen LogP contribution in [0, 0.1) is 0 Å². The van der Waals surface area contributed by atoms with Crippen LogP contribution in [0.4, 0.5) is 0 Å². The summed E-state index contributed by atoms with van der Waals surface area (Å²) in [7, 11) is -2.10. The molecule has 0 aliphatic carbocycles. The van der Waals surface area contributed by atoms with Gasteiger partial charge >= 0.3 is 13.6 Å². The molecular formula is C21H27O6P. The zero-order valence-electron chi connectivity index (χ0n) is 16.5. The summed E-state index contributed by atoms with van der Waals surface area (Å²) in [5, 5.41) is 0. The van der Waals surface area contributed by atoms with Crippen LogP contribution in [0.5, 0.6) is 5.75 Å². The van der Waals surface area contributed by atoms with Crippen molar-refractivity contribution in [2.24, 2.45) is 0 Å². The topological polar surface area (TPSA) is 71.1 Å². The summed E-state index contributed by atoms with van der Waals surface area (Å²) in [4.78, 5) is 12.6. The lowest BCUT2D eigenvalue weighted by molar-refractivity contribution is -0.145. The number of esters is 1. The van der Waals surface area contributed by atoms with Crippen molar-refractivity contribution >= 4 is 13.6 Å². The number of para-hydroxylation sites is 1. The van der Waals surface area contributed by atoms with Gasteiger partial charge in [-0.2, -0.15) is 0 Å². The maximum atomic E-state index is 13.5. The number of ether oxygens (including phenoxy) is 2. The number of carbonyl (C=O) groups excluding carboxylic acids is 1. The van der Waals surface area contributed by atoms with Gasteiger partial charge in [0.1, 0.15) is 18.0 Å². The molecule has 0 radical (unpaired) electrons. The number of methoxy groups -OCH3 is 1. The Morgan fingerprint density at radius 1 is 0.964 bits per heavy atom. The summed E-state index contributed by atoms with van der Waals surface area (Å²) < 4.78 is 35.3. The number of benzene rings is 2. The number of hydrogen-bond donors (Lipinski definition) is 0. The molecule has 2 aromatic carbocycles. The van der Waals surface area contributed by atoms with Crippen LogP contribution in [-0.2, 0) is 29.8 Å². The lowest BCUT2D eigenvalue weighted by Crippen LogP contribution is -2.14. The van der Waals surface area contributed by atoms with Crippen LogP contribution in [0.3, 0.4) is 0 Å². The third kappa shape index (κ3) is 5.93. The molecule has 0 fully saturated rings. The fourth-order valence-electron chi connectivity index (χ4n) is 2.87. The number of hydrogen-bond acceptors (Lipinski definition) is 6. The van der Waals surface area contributed by atoms with Crippen molar-refractivity contribution in [2.45, 2.75) is 32.5 Å². The summed E-state index contributed by atoms with van der Waals surface area (Å²) in [6.07, 6.45) is -0.148. The Balaban J connectivity index is 2.27. The van der Waals surface area contributed by atoms with Crippen molar-refractivity contribution in [3.63, 3.8) is 0 Å². The SMILES string of the molecule is CCOP(=O)(OCC)[C@@H](CC(=O)OCc1ccccc1)c1ccccc1OC. The molecule has 7 heteroatoms. The molecule has 0 N–H and O–H groups in total. The van der Waals surface area contributed by atoms with Crippen LogP contribution >= 0.6 is 7.60 Å². The highest BCUT2D eigenvalue weighted by atomic mass is 31.2. The minimum atomic E-state index is -3.62. The van der Waals surface area contributed by atoms with Gasteiger partial charge < -0.3 is 18.5 Å². The highest BCUT2D eigenvalue weighted by Crippen LogP contribution is 2.63. The van der Waals surface area contributed by atoms with Crippen molar-refractivity contribution in [1.29, 1.82) is 0 Å². The maximum Gasteiger partial charge on any atom is 0.338 e. The van der Waals surface area contributed by atoms with Crippen molar-refractivity contribution in [3.05, 3.63) is 65.7 Å². The minimum Gasteiger partial charge on any atom is -0.496 e. The second kappa shape index (κ2) is 11.0. The molecule has 0 amide bonds. The monoisotopic (exact) mass is 406 g/mol. The Kier molecular flexibility index (Phi) is 8.71. The van der Waals surface area contributed by atoms with E-state index in [0.29, 0.717) is 11.3 Å². The maximum absolute atomic E-state index is 13.5. The average Bonchev–Trinajstić information content (AvgIpc) is 2.71. The zero-order chi connectivity index (χ0) is 20.4. The van der Waals surface area contributed by atoms with E-state index in [2.05, 4.69) is 0 Å². The molecule has 2 rings (SSSR count). The predicted octanol–water partition coefficient (Wildman–Crippen LogP) is 5.14. The molecule has 0 heterocycles. The molecule has 0 aliphatic rings. The summed E-state index contributed by atoms with van der Waals surface area (Å²) in [5.74, 6) is 0.0300. The van der Waals surface area contributed by atoms with Gasteiger partial charge in [-0.3, -0.25) is 9.36 Å². The third-order valence-electron chi connectivity index (χ3n) is 4.10. The molecule has 28 heavy (non-hydrogen) atoms. The normalized spacial score (nSPS) is 12.4. The number of carbonyl (C=O) groups is 1. The van der Waals surface area contributed by atoms with Crippen molar-refractivity contribution in [1.82, 2.24) is 0 Å². The Morgan fingerprint density at radius 3 is 2.18 bits per heavy atom. The fraction of sp³-hybridized carbons (Fsp3) is 0.381. The van der Waals surface area contributed by atoms with Gasteiger partial charge in [-0.05, 0) is 25.5 Å². The first kappa shape index (κ1) is 22.2. The van der Waals surface area contributed by atoms with Crippen molar-refractivity contribution in [2.75, 3.05) is 20.3 Å². The van der Waals surface area contributed by atoms with Crippen LogP contribution in [0.15, 0.2) is 54.6 Å². The lowest BCUT2D eigenvalue weighted by Gasteiger charge is -2.27. The summed E-state index contributed by atoms with van der Waals surface area (Å²) in [6, 6.07) is 16.5. The van der Waals surface area contributed by atoms with E-state index >= 15 is 0 Å². The molecule has 152 valence electrons. The van der Waals surface area contributed by atoms with Gasteiger partial charge in [-0.1, -0.05) is 48.5 Å². The molecule has 1 atom stereocenters. The first-order valence-electron chi connectivity index (χ1n) is 9.25. The summed E-state index contributed by atoms with van der Waals surface area (Å²) in [5.41, 5.74) is 0.640. The highest BCUT2D eigenvalue weighted by Gasteiger charge is 2.40. The summed E-state index contributed by atoms with van der Waals surface area (Å²) >= 11 is 0. The fourth-order valence-corrected chi connectivity index (χ4v) is 4.95.